The normalized spacial score (nSPS) is 26.1. The van der Waals surface area contributed by atoms with E-state index in [1.165, 1.54) is 22.7 Å². The standard InChI is InChI=1S/C25H38F2N2O4SSi/c1-23(2,3)33-22(30)29(16-32-12-13-35(6,7)8)21-28-24(4,17-10-9-11-18(26)20(17)27)19-14-25(19,34-21)15-31-5/h9-11,19H,12-16H2,1-8H3/t19?,24-,25-/m1/s1. The summed E-state index contributed by atoms with van der Waals surface area (Å²) in [5.41, 5.74) is -1.64. The number of methoxy groups -OCH3 is 1. The fourth-order valence-corrected chi connectivity index (χ4v) is 6.71. The molecule has 0 spiro atoms. The molecular formula is C25H38F2N2O4SSi. The van der Waals surface area contributed by atoms with Gasteiger partial charge in [0.1, 0.15) is 12.3 Å². The summed E-state index contributed by atoms with van der Waals surface area (Å²) in [4.78, 5) is 19.5. The lowest BCUT2D eigenvalue weighted by molar-refractivity contribution is 0.0109. The number of thioether (sulfide) groups is 1. The molecule has 35 heavy (non-hydrogen) atoms. The summed E-state index contributed by atoms with van der Waals surface area (Å²) in [5.74, 6) is -1.91. The second kappa shape index (κ2) is 10.1. The van der Waals surface area contributed by atoms with Crippen molar-refractivity contribution in [1.82, 2.24) is 4.90 Å². The molecule has 1 heterocycles. The van der Waals surface area contributed by atoms with Crippen molar-refractivity contribution in [3.63, 3.8) is 0 Å². The molecule has 1 aliphatic carbocycles. The van der Waals surface area contributed by atoms with Crippen molar-refractivity contribution in [3.8, 4) is 0 Å². The number of benzene rings is 1. The molecule has 0 aromatic heterocycles. The molecule has 10 heteroatoms. The third kappa shape index (κ3) is 6.45. The van der Waals surface area contributed by atoms with Crippen LogP contribution in [-0.2, 0) is 19.7 Å². The number of aliphatic imine (C=N–C) groups is 1. The lowest BCUT2D eigenvalue weighted by Gasteiger charge is -2.38. The Morgan fingerprint density at radius 3 is 2.57 bits per heavy atom. The fourth-order valence-electron chi connectivity index (χ4n) is 4.32. The highest BCUT2D eigenvalue weighted by Crippen LogP contribution is 2.66. The maximum atomic E-state index is 15.0. The Bertz CT molecular complexity index is 981. The zero-order chi connectivity index (χ0) is 26.2. The SMILES string of the molecule is COC[C@]12CC1[C@@](C)(c1cccc(F)c1F)N=C(N(COCC[Si](C)(C)C)C(=O)OC(C)(C)C)S2. The summed E-state index contributed by atoms with van der Waals surface area (Å²) in [6.07, 6.45) is 0.106. The van der Waals surface area contributed by atoms with Gasteiger partial charge >= 0.3 is 6.09 Å². The minimum atomic E-state index is -1.33. The van der Waals surface area contributed by atoms with Crippen LogP contribution in [-0.4, -0.2) is 61.6 Å². The minimum absolute atomic E-state index is 0.0410. The first kappa shape index (κ1) is 28.1. The third-order valence-electron chi connectivity index (χ3n) is 6.27. The molecule has 0 N–H and O–H groups in total. The van der Waals surface area contributed by atoms with Crippen molar-refractivity contribution in [2.45, 2.75) is 75.7 Å². The lowest BCUT2D eigenvalue weighted by atomic mass is 9.85. The summed E-state index contributed by atoms with van der Waals surface area (Å²) < 4.78 is 45.9. The highest BCUT2D eigenvalue weighted by Gasteiger charge is 2.67. The van der Waals surface area contributed by atoms with Crippen LogP contribution in [0.1, 0.15) is 39.7 Å². The summed E-state index contributed by atoms with van der Waals surface area (Å²) in [6, 6.07) is 5.09. The number of amidine groups is 1. The molecule has 3 atom stereocenters. The fraction of sp³-hybridized carbons (Fsp3) is 0.680. The van der Waals surface area contributed by atoms with Gasteiger partial charge < -0.3 is 14.2 Å². The summed E-state index contributed by atoms with van der Waals surface area (Å²) in [5, 5.41) is 0.365. The van der Waals surface area contributed by atoms with Crippen LogP contribution in [0.3, 0.4) is 0 Å². The summed E-state index contributed by atoms with van der Waals surface area (Å²) >= 11 is 1.43. The van der Waals surface area contributed by atoms with E-state index < -0.39 is 41.7 Å². The minimum Gasteiger partial charge on any atom is -0.443 e. The van der Waals surface area contributed by atoms with Gasteiger partial charge in [0.15, 0.2) is 16.8 Å². The molecule has 0 saturated heterocycles. The maximum Gasteiger partial charge on any atom is 0.418 e. The molecule has 1 amide bonds. The van der Waals surface area contributed by atoms with Gasteiger partial charge in [0.25, 0.3) is 0 Å². The van der Waals surface area contributed by atoms with E-state index in [2.05, 4.69) is 19.6 Å². The molecule has 2 aliphatic rings. The first-order valence-electron chi connectivity index (χ1n) is 11.9. The number of hydrogen-bond acceptors (Lipinski definition) is 6. The molecule has 1 fully saturated rings. The molecule has 1 aliphatic heterocycles. The molecule has 1 aromatic rings. The highest BCUT2D eigenvalue weighted by molar-refractivity contribution is 8.15. The van der Waals surface area contributed by atoms with E-state index in [4.69, 9.17) is 19.2 Å². The van der Waals surface area contributed by atoms with Crippen molar-refractivity contribution in [3.05, 3.63) is 35.4 Å². The predicted octanol–water partition coefficient (Wildman–Crippen LogP) is 6.24. The first-order valence-corrected chi connectivity index (χ1v) is 16.4. The zero-order valence-corrected chi connectivity index (χ0v) is 23.9. The average molecular weight is 529 g/mol. The van der Waals surface area contributed by atoms with Crippen molar-refractivity contribution < 1.29 is 27.8 Å². The van der Waals surface area contributed by atoms with Gasteiger partial charge in [-0.2, -0.15) is 0 Å². The number of nitrogens with zero attached hydrogens (tertiary/aromatic N) is 2. The van der Waals surface area contributed by atoms with Crippen LogP contribution in [0, 0.1) is 17.6 Å². The Morgan fingerprint density at radius 1 is 1.29 bits per heavy atom. The Hall–Kier alpha value is -1.49. The Labute approximate surface area is 212 Å². The van der Waals surface area contributed by atoms with Crippen molar-refractivity contribution >= 4 is 31.1 Å². The van der Waals surface area contributed by atoms with Gasteiger partial charge in [-0.1, -0.05) is 43.5 Å². The molecule has 1 aromatic carbocycles. The zero-order valence-electron chi connectivity index (χ0n) is 22.0. The lowest BCUT2D eigenvalue weighted by Crippen LogP contribution is -2.46. The highest BCUT2D eigenvalue weighted by atomic mass is 32.2. The van der Waals surface area contributed by atoms with Gasteiger partial charge in [-0.25, -0.2) is 18.5 Å². The third-order valence-corrected chi connectivity index (χ3v) is 9.45. The number of carbonyl (C=O) groups excluding carboxylic acids is 1. The van der Waals surface area contributed by atoms with Crippen LogP contribution in [0.15, 0.2) is 23.2 Å². The monoisotopic (exact) mass is 528 g/mol. The summed E-state index contributed by atoms with van der Waals surface area (Å²) in [7, 11) is 0.284. The van der Waals surface area contributed by atoms with E-state index in [0.717, 1.165) is 12.1 Å². The predicted molar refractivity (Wildman–Crippen MR) is 138 cm³/mol. The van der Waals surface area contributed by atoms with E-state index in [0.29, 0.717) is 24.8 Å². The Kier molecular flexibility index (Phi) is 8.11. The number of amides is 1. The van der Waals surface area contributed by atoms with Crippen molar-refractivity contribution in [1.29, 1.82) is 0 Å². The van der Waals surface area contributed by atoms with E-state index in [-0.39, 0.29) is 18.2 Å². The molecule has 0 bridgehead atoms. The molecule has 196 valence electrons. The van der Waals surface area contributed by atoms with Crippen molar-refractivity contribution in [2.24, 2.45) is 10.9 Å². The summed E-state index contributed by atoms with van der Waals surface area (Å²) in [6.45, 7) is 14.8. The van der Waals surface area contributed by atoms with Crippen molar-refractivity contribution in [2.75, 3.05) is 27.1 Å². The Morgan fingerprint density at radius 2 is 1.97 bits per heavy atom. The second-order valence-electron chi connectivity index (χ2n) is 11.8. The van der Waals surface area contributed by atoms with Gasteiger partial charge in [-0.15, -0.1) is 0 Å². The molecule has 1 unspecified atom stereocenters. The first-order chi connectivity index (χ1) is 16.1. The number of ether oxygens (including phenoxy) is 3. The van der Waals surface area contributed by atoms with E-state index in [9.17, 15) is 13.6 Å². The van der Waals surface area contributed by atoms with E-state index in [1.807, 2.05) is 0 Å². The van der Waals surface area contributed by atoms with Crippen LogP contribution in [0.25, 0.3) is 0 Å². The molecule has 0 radical (unpaired) electrons. The van der Waals surface area contributed by atoms with Gasteiger partial charge in [0.2, 0.25) is 0 Å². The largest absolute Gasteiger partial charge is 0.443 e. The van der Waals surface area contributed by atoms with Crippen LogP contribution < -0.4 is 0 Å². The number of fused-ring (bicyclic) bond motifs is 1. The maximum absolute atomic E-state index is 15.0. The molecule has 3 rings (SSSR count). The van der Waals surface area contributed by atoms with Crippen LogP contribution in [0.2, 0.25) is 25.7 Å². The number of rotatable bonds is 8. The van der Waals surface area contributed by atoms with Crippen LogP contribution in [0.5, 0.6) is 0 Å². The number of hydrogen-bond donors (Lipinski definition) is 0. The van der Waals surface area contributed by atoms with Gasteiger partial charge in [0, 0.05) is 33.3 Å². The Balaban J connectivity index is 2.00. The number of carbonyl (C=O) groups is 1. The second-order valence-corrected chi connectivity index (χ2v) is 18.8. The molecule has 1 saturated carbocycles. The van der Waals surface area contributed by atoms with E-state index >= 15 is 0 Å². The smallest absolute Gasteiger partial charge is 0.418 e. The van der Waals surface area contributed by atoms with Gasteiger partial charge in [-0.05, 0) is 46.2 Å². The van der Waals surface area contributed by atoms with E-state index in [1.54, 1.807) is 40.9 Å². The van der Waals surface area contributed by atoms with Gasteiger partial charge in [0.05, 0.1) is 16.9 Å². The van der Waals surface area contributed by atoms with Crippen LogP contribution >= 0.6 is 11.8 Å². The quantitative estimate of drug-likeness (QED) is 0.227. The molecule has 6 nitrogen and oxygen atoms in total. The topological polar surface area (TPSA) is 60.4 Å². The average Bonchev–Trinajstić information content (AvgIpc) is 3.43. The van der Waals surface area contributed by atoms with Crippen LogP contribution in [0.4, 0.5) is 13.6 Å². The molecular weight excluding hydrogens is 490 g/mol. The number of halogens is 2. The van der Waals surface area contributed by atoms with Gasteiger partial charge in [-0.3, -0.25) is 4.99 Å².